The van der Waals surface area contributed by atoms with Gasteiger partial charge in [0.25, 0.3) is 11.5 Å². The van der Waals surface area contributed by atoms with Crippen molar-refractivity contribution in [3.8, 4) is 5.82 Å². The summed E-state index contributed by atoms with van der Waals surface area (Å²) >= 11 is 0. The molecule has 6 heteroatoms. The first-order chi connectivity index (χ1) is 11.4. The summed E-state index contributed by atoms with van der Waals surface area (Å²) in [6.45, 7) is 12.5. The molecule has 25 heavy (non-hydrogen) atoms. The molecular formula is C19H25F2N3O. The van der Waals surface area contributed by atoms with Gasteiger partial charge in [0.15, 0.2) is 5.82 Å². The molecule has 0 saturated heterocycles. The summed E-state index contributed by atoms with van der Waals surface area (Å²) < 4.78 is 28.6. The summed E-state index contributed by atoms with van der Waals surface area (Å²) in [6, 6.07) is 1.99. The van der Waals surface area contributed by atoms with Gasteiger partial charge in [0.05, 0.1) is 6.20 Å². The Morgan fingerprint density at radius 3 is 2.20 bits per heavy atom. The Bertz CT molecular complexity index is 859. The van der Waals surface area contributed by atoms with Crippen LogP contribution >= 0.6 is 0 Å². The van der Waals surface area contributed by atoms with Crippen molar-refractivity contribution in [1.29, 1.82) is 0 Å². The van der Waals surface area contributed by atoms with E-state index >= 15 is 0 Å². The third-order valence-electron chi connectivity index (χ3n) is 4.29. The lowest BCUT2D eigenvalue weighted by Crippen LogP contribution is -2.30. The van der Waals surface area contributed by atoms with Crippen LogP contribution < -0.4 is 5.56 Å². The SMILES string of the molecule is CCc1c(C(C)(F)F)cnn(-c2nc(C)c(C(C)(C)C)cc2C)c1=O. The average molecular weight is 349 g/mol. The van der Waals surface area contributed by atoms with E-state index in [0.717, 1.165) is 34.6 Å². The molecule has 0 aliphatic rings. The summed E-state index contributed by atoms with van der Waals surface area (Å²) in [5, 5.41) is 3.98. The van der Waals surface area contributed by atoms with Crippen molar-refractivity contribution < 1.29 is 8.78 Å². The number of pyridine rings is 1. The third-order valence-corrected chi connectivity index (χ3v) is 4.29. The van der Waals surface area contributed by atoms with Crippen LogP contribution in [-0.4, -0.2) is 14.8 Å². The zero-order valence-corrected chi connectivity index (χ0v) is 15.9. The first-order valence-corrected chi connectivity index (χ1v) is 8.36. The average Bonchev–Trinajstić information content (AvgIpc) is 2.47. The first-order valence-electron chi connectivity index (χ1n) is 8.36. The topological polar surface area (TPSA) is 47.8 Å². The van der Waals surface area contributed by atoms with Crippen molar-refractivity contribution in [3.63, 3.8) is 0 Å². The number of hydrogen-bond acceptors (Lipinski definition) is 3. The molecule has 0 radical (unpaired) electrons. The Hall–Kier alpha value is -2.11. The van der Waals surface area contributed by atoms with Crippen molar-refractivity contribution in [3.05, 3.63) is 50.6 Å². The Labute approximate surface area is 146 Å². The molecule has 0 bridgehead atoms. The van der Waals surface area contributed by atoms with Crippen molar-refractivity contribution in [2.75, 3.05) is 0 Å². The van der Waals surface area contributed by atoms with Gasteiger partial charge in [0.1, 0.15) is 0 Å². The van der Waals surface area contributed by atoms with Crippen molar-refractivity contribution in [2.45, 2.75) is 66.2 Å². The molecule has 2 aromatic rings. The van der Waals surface area contributed by atoms with Crippen LogP contribution in [0.5, 0.6) is 0 Å². The van der Waals surface area contributed by atoms with Gasteiger partial charge in [-0.3, -0.25) is 4.79 Å². The Morgan fingerprint density at radius 2 is 1.72 bits per heavy atom. The normalized spacial score (nSPS) is 12.5. The summed E-state index contributed by atoms with van der Waals surface area (Å²) in [5.41, 5.74) is 1.78. The van der Waals surface area contributed by atoms with Crippen LogP contribution in [0.3, 0.4) is 0 Å². The largest absolute Gasteiger partial charge is 0.276 e. The summed E-state index contributed by atoms with van der Waals surface area (Å²) in [7, 11) is 0. The van der Waals surface area contributed by atoms with Gasteiger partial charge in [-0.15, -0.1) is 0 Å². The quantitative estimate of drug-likeness (QED) is 0.834. The van der Waals surface area contributed by atoms with Gasteiger partial charge in [-0.1, -0.05) is 27.7 Å². The van der Waals surface area contributed by atoms with E-state index in [9.17, 15) is 13.6 Å². The van der Waals surface area contributed by atoms with Crippen LogP contribution in [0, 0.1) is 13.8 Å². The number of alkyl halides is 2. The van der Waals surface area contributed by atoms with E-state index in [-0.39, 0.29) is 23.0 Å². The smallest absolute Gasteiger partial charge is 0.267 e. The summed E-state index contributed by atoms with van der Waals surface area (Å²) in [5.74, 6) is -2.72. The molecule has 0 fully saturated rings. The van der Waals surface area contributed by atoms with E-state index in [0.29, 0.717) is 5.82 Å². The molecule has 0 aliphatic heterocycles. The van der Waals surface area contributed by atoms with Crippen molar-refractivity contribution in [1.82, 2.24) is 14.8 Å². The number of rotatable bonds is 3. The highest BCUT2D eigenvalue weighted by Gasteiger charge is 2.30. The minimum Gasteiger partial charge on any atom is -0.267 e. The van der Waals surface area contributed by atoms with Gasteiger partial charge in [-0.25, -0.2) is 13.8 Å². The van der Waals surface area contributed by atoms with E-state index in [1.165, 1.54) is 0 Å². The van der Waals surface area contributed by atoms with Crippen LogP contribution in [0.1, 0.15) is 62.6 Å². The lowest BCUT2D eigenvalue weighted by molar-refractivity contribution is 0.0158. The molecule has 2 heterocycles. The molecule has 2 rings (SSSR count). The zero-order chi connectivity index (χ0) is 19.2. The van der Waals surface area contributed by atoms with E-state index in [1.54, 1.807) is 6.92 Å². The molecule has 0 unspecified atom stereocenters. The number of halogens is 2. The van der Waals surface area contributed by atoms with Crippen LogP contribution in [-0.2, 0) is 17.8 Å². The highest BCUT2D eigenvalue weighted by atomic mass is 19.3. The molecule has 0 saturated carbocycles. The minimum atomic E-state index is -3.11. The van der Waals surface area contributed by atoms with E-state index in [2.05, 4.69) is 30.9 Å². The monoisotopic (exact) mass is 349 g/mol. The molecule has 0 atom stereocenters. The number of hydrogen-bond donors (Lipinski definition) is 0. The fraction of sp³-hybridized carbons (Fsp3) is 0.526. The Morgan fingerprint density at radius 1 is 1.12 bits per heavy atom. The predicted molar refractivity (Wildman–Crippen MR) is 94.7 cm³/mol. The van der Waals surface area contributed by atoms with Crippen LogP contribution in [0.4, 0.5) is 8.78 Å². The van der Waals surface area contributed by atoms with Gasteiger partial charge in [-0.2, -0.15) is 9.78 Å². The van der Waals surface area contributed by atoms with Gasteiger partial charge < -0.3 is 0 Å². The number of nitrogens with zero attached hydrogens (tertiary/aromatic N) is 3. The number of aryl methyl sites for hydroxylation is 2. The minimum absolute atomic E-state index is 0.0706. The van der Waals surface area contributed by atoms with Gasteiger partial charge in [0.2, 0.25) is 0 Å². The highest BCUT2D eigenvalue weighted by Crippen LogP contribution is 2.29. The van der Waals surface area contributed by atoms with Crippen LogP contribution in [0.2, 0.25) is 0 Å². The van der Waals surface area contributed by atoms with E-state index in [4.69, 9.17) is 0 Å². The zero-order valence-electron chi connectivity index (χ0n) is 15.9. The van der Waals surface area contributed by atoms with E-state index in [1.807, 2.05) is 19.9 Å². The molecule has 0 spiro atoms. The lowest BCUT2D eigenvalue weighted by Gasteiger charge is -2.23. The van der Waals surface area contributed by atoms with Gasteiger partial charge in [0, 0.05) is 23.7 Å². The Kier molecular flexibility index (Phi) is 4.86. The second kappa shape index (κ2) is 6.32. The maximum Gasteiger partial charge on any atom is 0.276 e. The fourth-order valence-electron chi connectivity index (χ4n) is 3.03. The molecule has 4 nitrogen and oxygen atoms in total. The summed E-state index contributed by atoms with van der Waals surface area (Å²) in [4.78, 5) is 17.3. The van der Waals surface area contributed by atoms with Crippen LogP contribution in [0.25, 0.3) is 5.82 Å². The molecule has 136 valence electrons. The van der Waals surface area contributed by atoms with E-state index < -0.39 is 11.5 Å². The highest BCUT2D eigenvalue weighted by molar-refractivity contribution is 5.41. The standard InChI is InChI=1S/C19H25F2N3O/c1-8-13-15(19(7,20)21)10-22-24(17(13)25)16-11(2)9-14(12(3)23-16)18(4,5)6/h9-10H,8H2,1-7H3. The predicted octanol–water partition coefficient (Wildman–Crippen LogP) is 4.22. The maximum absolute atomic E-state index is 13.7. The second-order valence-corrected chi connectivity index (χ2v) is 7.51. The van der Waals surface area contributed by atoms with Crippen molar-refractivity contribution >= 4 is 0 Å². The summed E-state index contributed by atoms with van der Waals surface area (Å²) in [6.07, 6.45) is 1.28. The first kappa shape index (κ1) is 19.2. The maximum atomic E-state index is 13.7. The third kappa shape index (κ3) is 3.62. The lowest BCUT2D eigenvalue weighted by atomic mass is 9.85. The molecule has 0 amide bonds. The van der Waals surface area contributed by atoms with Crippen LogP contribution in [0.15, 0.2) is 17.1 Å². The Balaban J connectivity index is 2.73. The molecule has 2 aromatic heterocycles. The fourth-order valence-corrected chi connectivity index (χ4v) is 3.03. The molecular weight excluding hydrogens is 324 g/mol. The van der Waals surface area contributed by atoms with Gasteiger partial charge in [-0.05, 0) is 42.9 Å². The molecule has 0 aliphatic carbocycles. The second-order valence-electron chi connectivity index (χ2n) is 7.51. The van der Waals surface area contributed by atoms with Crippen molar-refractivity contribution in [2.24, 2.45) is 0 Å². The van der Waals surface area contributed by atoms with Gasteiger partial charge >= 0.3 is 0 Å². The molecule has 0 N–H and O–H groups in total. The molecule has 0 aromatic carbocycles. The number of aromatic nitrogens is 3.